The van der Waals surface area contributed by atoms with Gasteiger partial charge in [0.15, 0.2) is 0 Å². The first-order valence-corrected chi connectivity index (χ1v) is 7.06. The van der Waals surface area contributed by atoms with Crippen LogP contribution in [0.1, 0.15) is 52.4 Å². The van der Waals surface area contributed by atoms with Gasteiger partial charge in [0.1, 0.15) is 0 Å². The maximum Gasteiger partial charge on any atom is 0.0622 e. The topological polar surface area (TPSA) is 21.3 Å². The highest BCUT2D eigenvalue weighted by molar-refractivity contribution is 4.85. The third-order valence-electron chi connectivity index (χ3n) is 3.76. The molecule has 2 heteroatoms. The van der Waals surface area contributed by atoms with E-state index in [1.54, 1.807) is 0 Å². The van der Waals surface area contributed by atoms with Gasteiger partial charge >= 0.3 is 0 Å². The van der Waals surface area contributed by atoms with Gasteiger partial charge in [-0.2, -0.15) is 0 Å². The highest BCUT2D eigenvalue weighted by Crippen LogP contribution is 2.32. The fourth-order valence-corrected chi connectivity index (χ4v) is 2.21. The number of ether oxygens (including phenoxy) is 1. The minimum absolute atomic E-state index is 0.601. The van der Waals surface area contributed by atoms with E-state index >= 15 is 0 Å². The van der Waals surface area contributed by atoms with E-state index in [4.69, 9.17) is 4.74 Å². The van der Waals surface area contributed by atoms with Gasteiger partial charge in [-0.25, -0.2) is 0 Å². The molecule has 0 aromatic rings. The Hall–Kier alpha value is -0.0800. The lowest BCUT2D eigenvalue weighted by Crippen LogP contribution is -2.33. The molecule has 0 amide bonds. The van der Waals surface area contributed by atoms with E-state index in [1.165, 1.54) is 38.5 Å². The van der Waals surface area contributed by atoms with Gasteiger partial charge in [0.2, 0.25) is 0 Å². The van der Waals surface area contributed by atoms with E-state index in [-0.39, 0.29) is 0 Å². The third kappa shape index (κ3) is 5.31. The lowest BCUT2D eigenvalue weighted by Gasteiger charge is -2.19. The van der Waals surface area contributed by atoms with Crippen LogP contribution in [0.15, 0.2) is 0 Å². The van der Waals surface area contributed by atoms with Crippen LogP contribution in [0.25, 0.3) is 0 Å². The van der Waals surface area contributed by atoms with E-state index in [1.807, 2.05) is 0 Å². The smallest absolute Gasteiger partial charge is 0.0622 e. The lowest BCUT2D eigenvalue weighted by atomic mass is 10.0. The summed E-state index contributed by atoms with van der Waals surface area (Å²) in [6.45, 7) is 6.41. The normalized spacial score (nSPS) is 19.7. The van der Waals surface area contributed by atoms with Crippen LogP contribution in [0.3, 0.4) is 0 Å². The summed E-state index contributed by atoms with van der Waals surface area (Å²) in [6.07, 6.45) is 8.02. The van der Waals surface area contributed by atoms with Crippen LogP contribution in [-0.2, 0) is 4.74 Å². The maximum absolute atomic E-state index is 5.88. The van der Waals surface area contributed by atoms with Crippen LogP contribution in [0, 0.1) is 11.8 Å². The van der Waals surface area contributed by atoms with Gasteiger partial charge in [-0.1, -0.05) is 33.1 Å². The van der Waals surface area contributed by atoms with Crippen LogP contribution >= 0.6 is 0 Å². The minimum Gasteiger partial charge on any atom is -0.380 e. The average molecular weight is 227 g/mol. The molecule has 1 N–H and O–H groups in total. The number of likely N-dealkylation sites (N-methyl/N-ethyl adjacent to an activating group) is 1. The zero-order chi connectivity index (χ0) is 11.8. The Labute approximate surface area is 101 Å². The fourth-order valence-electron chi connectivity index (χ4n) is 2.21. The van der Waals surface area contributed by atoms with Gasteiger partial charge in [0, 0.05) is 12.6 Å². The van der Waals surface area contributed by atoms with Crippen LogP contribution in [-0.4, -0.2) is 26.3 Å². The molecule has 0 aromatic carbocycles. The monoisotopic (exact) mass is 227 g/mol. The van der Waals surface area contributed by atoms with Gasteiger partial charge in [0.25, 0.3) is 0 Å². The SMILES string of the molecule is CCCCC(CC)COCC(NC)C1CC1. The van der Waals surface area contributed by atoms with Crippen molar-refractivity contribution in [1.82, 2.24) is 5.32 Å². The molecule has 0 aromatic heterocycles. The summed E-state index contributed by atoms with van der Waals surface area (Å²) in [4.78, 5) is 0. The quantitative estimate of drug-likeness (QED) is 0.619. The van der Waals surface area contributed by atoms with Crippen molar-refractivity contribution in [3.05, 3.63) is 0 Å². The van der Waals surface area contributed by atoms with Crippen molar-refractivity contribution in [2.45, 2.75) is 58.4 Å². The van der Waals surface area contributed by atoms with Gasteiger partial charge in [-0.05, 0) is 38.1 Å². The van der Waals surface area contributed by atoms with E-state index in [9.17, 15) is 0 Å². The van der Waals surface area contributed by atoms with Crippen LogP contribution < -0.4 is 5.32 Å². The Morgan fingerprint density at radius 1 is 1.25 bits per heavy atom. The standard InChI is InChI=1S/C14H29NO/c1-4-6-7-12(5-2)10-16-11-14(15-3)13-8-9-13/h12-15H,4-11H2,1-3H3. The molecule has 1 saturated carbocycles. The molecule has 0 spiro atoms. The lowest BCUT2D eigenvalue weighted by molar-refractivity contribution is 0.0739. The summed E-state index contributed by atoms with van der Waals surface area (Å²) in [5.74, 6) is 1.66. The molecule has 1 fully saturated rings. The Morgan fingerprint density at radius 2 is 2.00 bits per heavy atom. The Morgan fingerprint density at radius 3 is 2.50 bits per heavy atom. The summed E-state index contributed by atoms with van der Waals surface area (Å²) in [7, 11) is 2.06. The molecule has 2 atom stereocenters. The Bertz CT molecular complexity index is 168. The molecular formula is C14H29NO. The first-order chi connectivity index (χ1) is 7.81. The fraction of sp³-hybridized carbons (Fsp3) is 1.00. The minimum atomic E-state index is 0.601. The summed E-state index contributed by atoms with van der Waals surface area (Å²) in [5, 5.41) is 3.37. The van der Waals surface area contributed by atoms with Gasteiger partial charge in [0.05, 0.1) is 6.61 Å². The second kappa shape index (κ2) is 8.08. The molecule has 96 valence electrons. The average Bonchev–Trinajstić information content (AvgIpc) is 3.12. The molecule has 2 nitrogen and oxygen atoms in total. The predicted octanol–water partition coefficient (Wildman–Crippen LogP) is 3.22. The molecule has 0 bridgehead atoms. The molecule has 2 unspecified atom stereocenters. The summed E-state index contributed by atoms with van der Waals surface area (Å²) in [5.41, 5.74) is 0. The second-order valence-electron chi connectivity index (χ2n) is 5.19. The predicted molar refractivity (Wildman–Crippen MR) is 69.7 cm³/mol. The number of hydrogen-bond donors (Lipinski definition) is 1. The molecule has 0 radical (unpaired) electrons. The zero-order valence-corrected chi connectivity index (χ0v) is 11.3. The summed E-state index contributed by atoms with van der Waals surface area (Å²) in [6, 6.07) is 0.601. The van der Waals surface area contributed by atoms with E-state index < -0.39 is 0 Å². The molecule has 0 heterocycles. The maximum atomic E-state index is 5.88. The third-order valence-corrected chi connectivity index (χ3v) is 3.76. The van der Waals surface area contributed by atoms with Gasteiger partial charge in [-0.3, -0.25) is 0 Å². The molecule has 1 aliphatic carbocycles. The van der Waals surface area contributed by atoms with Crippen molar-refractivity contribution in [3.8, 4) is 0 Å². The largest absolute Gasteiger partial charge is 0.380 e. The van der Waals surface area contributed by atoms with Crippen molar-refractivity contribution >= 4 is 0 Å². The van der Waals surface area contributed by atoms with E-state index in [2.05, 4.69) is 26.2 Å². The Balaban J connectivity index is 2.06. The molecule has 1 rings (SSSR count). The highest BCUT2D eigenvalue weighted by atomic mass is 16.5. The number of rotatable bonds is 10. The zero-order valence-electron chi connectivity index (χ0n) is 11.3. The molecular weight excluding hydrogens is 198 g/mol. The van der Waals surface area contributed by atoms with Gasteiger partial charge in [-0.15, -0.1) is 0 Å². The highest BCUT2D eigenvalue weighted by Gasteiger charge is 2.30. The van der Waals surface area contributed by atoms with E-state index in [0.29, 0.717) is 6.04 Å². The van der Waals surface area contributed by atoms with Crippen LogP contribution in [0.4, 0.5) is 0 Å². The van der Waals surface area contributed by atoms with Crippen molar-refractivity contribution in [2.75, 3.05) is 20.3 Å². The van der Waals surface area contributed by atoms with Gasteiger partial charge < -0.3 is 10.1 Å². The number of hydrogen-bond acceptors (Lipinski definition) is 2. The number of nitrogens with one attached hydrogen (secondary N) is 1. The van der Waals surface area contributed by atoms with Crippen molar-refractivity contribution in [3.63, 3.8) is 0 Å². The number of unbranched alkanes of at least 4 members (excludes halogenated alkanes) is 1. The van der Waals surface area contributed by atoms with Crippen molar-refractivity contribution in [1.29, 1.82) is 0 Å². The summed E-state index contributed by atoms with van der Waals surface area (Å²) < 4.78 is 5.88. The second-order valence-corrected chi connectivity index (χ2v) is 5.19. The molecule has 16 heavy (non-hydrogen) atoms. The molecule has 1 aliphatic rings. The van der Waals surface area contributed by atoms with Crippen molar-refractivity contribution < 1.29 is 4.74 Å². The van der Waals surface area contributed by atoms with Crippen LogP contribution in [0.2, 0.25) is 0 Å². The Kier molecular flexibility index (Phi) is 7.06. The van der Waals surface area contributed by atoms with Crippen LogP contribution in [0.5, 0.6) is 0 Å². The van der Waals surface area contributed by atoms with Crippen molar-refractivity contribution in [2.24, 2.45) is 11.8 Å². The summed E-state index contributed by atoms with van der Waals surface area (Å²) >= 11 is 0. The van der Waals surface area contributed by atoms with E-state index in [0.717, 1.165) is 25.0 Å². The molecule has 0 saturated heterocycles. The first-order valence-electron chi connectivity index (χ1n) is 7.06. The molecule has 0 aliphatic heterocycles. The first kappa shape index (κ1) is 14.0.